The fourth-order valence-corrected chi connectivity index (χ4v) is 5.63. The highest BCUT2D eigenvalue weighted by atomic mass is 28.4. The van der Waals surface area contributed by atoms with Gasteiger partial charge in [-0.15, -0.1) is 0 Å². The van der Waals surface area contributed by atoms with Crippen LogP contribution in [0.4, 0.5) is 0 Å². The molecule has 0 amide bonds. The summed E-state index contributed by atoms with van der Waals surface area (Å²) >= 11 is 0. The molecule has 1 atom stereocenters. The van der Waals surface area contributed by atoms with Crippen LogP contribution < -0.4 is 0 Å². The Hall–Kier alpha value is -1.19. The molecule has 0 heterocycles. The quantitative estimate of drug-likeness (QED) is 0.0862. The zero-order chi connectivity index (χ0) is 29.5. The molecule has 0 aliphatic carbocycles. The van der Waals surface area contributed by atoms with Crippen LogP contribution in [0.15, 0.2) is 24.3 Å². The minimum Gasteiger partial charge on any atom is -0.414 e. The molecular formula is C35H63NO3Si. The third kappa shape index (κ3) is 17.6. The van der Waals surface area contributed by atoms with Gasteiger partial charge in [-0.25, -0.2) is 0 Å². The van der Waals surface area contributed by atoms with Crippen molar-refractivity contribution in [3.8, 4) is 6.07 Å². The molecule has 0 fully saturated rings. The molecule has 0 N–H and O–H groups in total. The first-order valence-corrected chi connectivity index (χ1v) is 19.4. The molecule has 0 aliphatic heterocycles. The molecule has 1 rings (SSSR count). The second-order valence-corrected chi connectivity index (χ2v) is 18.0. The van der Waals surface area contributed by atoms with E-state index in [-0.39, 0.29) is 11.1 Å². The summed E-state index contributed by atoms with van der Waals surface area (Å²) in [6.45, 7) is 15.8. The van der Waals surface area contributed by atoms with Crippen LogP contribution >= 0.6 is 0 Å². The lowest BCUT2D eigenvalue weighted by Crippen LogP contribution is -2.43. The smallest absolute Gasteiger partial charge is 0.192 e. The van der Waals surface area contributed by atoms with E-state index in [0.29, 0.717) is 25.4 Å². The highest BCUT2D eigenvalue weighted by molar-refractivity contribution is 6.74. The van der Waals surface area contributed by atoms with E-state index >= 15 is 0 Å². The van der Waals surface area contributed by atoms with Gasteiger partial charge in [-0.05, 0) is 36.2 Å². The van der Waals surface area contributed by atoms with Gasteiger partial charge in [-0.2, -0.15) is 5.26 Å². The highest BCUT2D eigenvalue weighted by Gasteiger charge is 2.37. The Morgan fingerprint density at radius 1 is 0.750 bits per heavy atom. The van der Waals surface area contributed by atoms with Crippen molar-refractivity contribution in [3.05, 3.63) is 35.4 Å². The third-order valence-corrected chi connectivity index (χ3v) is 13.0. The molecule has 4 nitrogen and oxygen atoms in total. The van der Waals surface area contributed by atoms with E-state index in [4.69, 9.17) is 13.9 Å². The van der Waals surface area contributed by atoms with Crippen molar-refractivity contribution in [3.63, 3.8) is 0 Å². The molecule has 0 radical (unpaired) electrons. The number of nitriles is 1. The predicted octanol–water partition coefficient (Wildman–Crippen LogP) is 10.7. The van der Waals surface area contributed by atoms with Crippen LogP contribution in [-0.2, 0) is 20.5 Å². The minimum absolute atomic E-state index is 0.137. The van der Waals surface area contributed by atoms with E-state index < -0.39 is 8.32 Å². The van der Waals surface area contributed by atoms with Crippen molar-refractivity contribution in [1.29, 1.82) is 5.26 Å². The zero-order valence-corrected chi connectivity index (χ0v) is 28.2. The maximum Gasteiger partial charge on any atom is 0.192 e. The summed E-state index contributed by atoms with van der Waals surface area (Å²) in [6, 6.07) is 9.91. The molecule has 5 heteroatoms. The summed E-state index contributed by atoms with van der Waals surface area (Å²) in [5.74, 6) is 0. The molecule has 0 spiro atoms. The molecule has 230 valence electrons. The molecule has 40 heavy (non-hydrogen) atoms. The van der Waals surface area contributed by atoms with Crippen LogP contribution in [0.5, 0.6) is 0 Å². The normalized spacial score (nSPS) is 12.9. The van der Waals surface area contributed by atoms with Crippen molar-refractivity contribution in [2.24, 2.45) is 0 Å². The molecule has 1 aromatic rings. The molecule has 0 aliphatic rings. The fourth-order valence-electron chi connectivity index (χ4n) is 4.59. The summed E-state index contributed by atoms with van der Waals surface area (Å²) in [5, 5.41) is 9.56. The van der Waals surface area contributed by atoms with Crippen molar-refractivity contribution in [2.75, 3.05) is 19.8 Å². The van der Waals surface area contributed by atoms with Gasteiger partial charge in [0.05, 0.1) is 31.5 Å². The second kappa shape index (κ2) is 22.4. The Labute approximate surface area is 249 Å². The first kappa shape index (κ1) is 36.8. The first-order valence-electron chi connectivity index (χ1n) is 16.5. The van der Waals surface area contributed by atoms with Crippen LogP contribution in [0, 0.1) is 11.3 Å². The van der Waals surface area contributed by atoms with Gasteiger partial charge in [0.2, 0.25) is 0 Å². The second-order valence-electron chi connectivity index (χ2n) is 13.2. The third-order valence-electron chi connectivity index (χ3n) is 8.49. The summed E-state index contributed by atoms with van der Waals surface area (Å²) in [4.78, 5) is 0. The Morgan fingerprint density at radius 2 is 1.25 bits per heavy atom. The maximum atomic E-state index is 9.41. The molecule has 0 unspecified atom stereocenters. The van der Waals surface area contributed by atoms with Crippen LogP contribution in [-0.4, -0.2) is 34.2 Å². The van der Waals surface area contributed by atoms with E-state index in [1.54, 1.807) is 0 Å². The predicted molar refractivity (Wildman–Crippen MR) is 173 cm³/mol. The first-order chi connectivity index (χ1) is 19.2. The number of benzene rings is 1. The SMILES string of the molecule is CCCCCCCCCCCCCCCCCCOC[C@H](CO[Si](C)(C)C(C)(C)C)OCc1ccccc1C#N. The number of rotatable bonds is 25. The summed E-state index contributed by atoms with van der Waals surface area (Å²) in [7, 11) is -1.88. The van der Waals surface area contributed by atoms with Gasteiger partial charge in [0.1, 0.15) is 6.10 Å². The topological polar surface area (TPSA) is 51.5 Å². The van der Waals surface area contributed by atoms with E-state index in [2.05, 4.69) is 46.9 Å². The Bertz CT molecular complexity index is 784. The van der Waals surface area contributed by atoms with Gasteiger partial charge in [-0.1, -0.05) is 142 Å². The Balaban J connectivity index is 2.18. The van der Waals surface area contributed by atoms with Gasteiger partial charge >= 0.3 is 0 Å². The molecule has 0 saturated heterocycles. The van der Waals surface area contributed by atoms with Gasteiger partial charge in [0.15, 0.2) is 8.32 Å². The maximum absolute atomic E-state index is 9.41. The average Bonchev–Trinajstić information content (AvgIpc) is 2.92. The van der Waals surface area contributed by atoms with Crippen molar-refractivity contribution in [2.45, 2.75) is 161 Å². The molecule has 0 aromatic heterocycles. The van der Waals surface area contributed by atoms with Gasteiger partial charge < -0.3 is 13.9 Å². The van der Waals surface area contributed by atoms with Crippen molar-refractivity contribution < 1.29 is 13.9 Å². The fraction of sp³-hybridized carbons (Fsp3) is 0.800. The number of hydrogen-bond acceptors (Lipinski definition) is 4. The monoisotopic (exact) mass is 573 g/mol. The summed E-state index contributed by atoms with van der Waals surface area (Å²) < 4.78 is 18.7. The Kier molecular flexibility index (Phi) is 20.6. The molecule has 0 saturated carbocycles. The van der Waals surface area contributed by atoms with Crippen molar-refractivity contribution in [1.82, 2.24) is 0 Å². The van der Waals surface area contributed by atoms with Gasteiger partial charge in [0, 0.05) is 6.61 Å². The van der Waals surface area contributed by atoms with E-state index in [1.165, 1.54) is 96.3 Å². The van der Waals surface area contributed by atoms with Gasteiger partial charge in [0.25, 0.3) is 0 Å². The number of unbranched alkanes of at least 4 members (excludes halogenated alkanes) is 15. The number of ether oxygens (including phenoxy) is 2. The highest BCUT2D eigenvalue weighted by Crippen LogP contribution is 2.36. The minimum atomic E-state index is -1.88. The van der Waals surface area contributed by atoms with E-state index in [1.807, 2.05) is 24.3 Å². The average molecular weight is 574 g/mol. The number of nitrogens with zero attached hydrogens (tertiary/aromatic N) is 1. The van der Waals surface area contributed by atoms with Crippen molar-refractivity contribution >= 4 is 8.32 Å². The van der Waals surface area contributed by atoms with Crippen LogP contribution in [0.25, 0.3) is 0 Å². The largest absolute Gasteiger partial charge is 0.414 e. The summed E-state index contributed by atoms with van der Waals surface area (Å²) in [6.07, 6.45) is 21.9. The standard InChI is InChI=1S/C35H63NO3Si/c1-7-8-9-10-11-12-13-14-15-16-17-18-19-20-21-24-27-37-30-34(31-39-40(5,6)35(2,3)4)38-29-33-26-23-22-25-32(33)28-36/h22-23,25-26,34H,7-21,24,27,29-31H2,1-6H3/t34-/m1/s1. The van der Waals surface area contributed by atoms with Crippen LogP contribution in [0.1, 0.15) is 142 Å². The lowest BCUT2D eigenvalue weighted by molar-refractivity contribution is -0.0477. The van der Waals surface area contributed by atoms with Gasteiger partial charge in [-0.3, -0.25) is 0 Å². The lowest BCUT2D eigenvalue weighted by Gasteiger charge is -2.37. The molecule has 0 bridgehead atoms. The molecular weight excluding hydrogens is 510 g/mol. The van der Waals surface area contributed by atoms with E-state index in [9.17, 15) is 5.26 Å². The lowest BCUT2D eigenvalue weighted by atomic mass is 10.0. The van der Waals surface area contributed by atoms with Crippen LogP contribution in [0.2, 0.25) is 18.1 Å². The number of hydrogen-bond donors (Lipinski definition) is 0. The Morgan fingerprint density at radius 3 is 1.75 bits per heavy atom. The zero-order valence-electron chi connectivity index (χ0n) is 27.2. The van der Waals surface area contributed by atoms with E-state index in [0.717, 1.165) is 18.6 Å². The molecule has 1 aromatic carbocycles. The van der Waals surface area contributed by atoms with Crippen LogP contribution in [0.3, 0.4) is 0 Å². The summed E-state index contributed by atoms with van der Waals surface area (Å²) in [5.41, 5.74) is 1.58.